The lowest BCUT2D eigenvalue weighted by atomic mass is 10.2. The van der Waals surface area contributed by atoms with Gasteiger partial charge in [-0.3, -0.25) is 0 Å². The molecule has 0 amide bonds. The molecule has 1 rings (SSSR count). The van der Waals surface area contributed by atoms with Gasteiger partial charge in [0.25, 0.3) is 5.89 Å². The minimum Gasteiger partial charge on any atom is -0.375 e. The molecule has 62 valence electrons. The molecule has 0 fully saturated rings. The Kier molecular flexibility index (Phi) is 2.59. The third-order valence-electron chi connectivity index (χ3n) is 1.27. The summed E-state index contributed by atoms with van der Waals surface area (Å²) in [6.07, 6.45) is 0. The van der Waals surface area contributed by atoms with Crippen molar-refractivity contribution in [3.05, 3.63) is 11.7 Å². The highest BCUT2D eigenvalue weighted by atomic mass is 16.5. The summed E-state index contributed by atoms with van der Waals surface area (Å²) in [6, 6.07) is 0. The molecular weight excluding hydrogens is 144 g/mol. The van der Waals surface area contributed by atoms with Crippen molar-refractivity contribution in [2.45, 2.75) is 26.4 Å². The standard InChI is InChI=1S/C7H12N2O2/c1-5(2)7-8-6(4-10-3)11-9-7/h5H,4H2,1-3H3. The SMILES string of the molecule is COCc1nc(C(C)C)no1. The first kappa shape index (κ1) is 8.20. The van der Waals surface area contributed by atoms with Gasteiger partial charge in [-0.05, 0) is 0 Å². The lowest BCUT2D eigenvalue weighted by Gasteiger charge is -1.91. The predicted molar refractivity (Wildman–Crippen MR) is 39.1 cm³/mol. The van der Waals surface area contributed by atoms with E-state index in [1.807, 2.05) is 13.8 Å². The fourth-order valence-electron chi connectivity index (χ4n) is 0.685. The zero-order valence-corrected chi connectivity index (χ0v) is 7.00. The molecule has 1 heterocycles. The first-order valence-electron chi connectivity index (χ1n) is 3.55. The number of ether oxygens (including phenoxy) is 1. The summed E-state index contributed by atoms with van der Waals surface area (Å²) >= 11 is 0. The van der Waals surface area contributed by atoms with Crippen molar-refractivity contribution < 1.29 is 9.26 Å². The molecule has 0 aliphatic carbocycles. The maximum absolute atomic E-state index is 4.88. The Morgan fingerprint density at radius 1 is 1.55 bits per heavy atom. The Bertz CT molecular complexity index is 220. The fourth-order valence-corrected chi connectivity index (χ4v) is 0.685. The van der Waals surface area contributed by atoms with Crippen molar-refractivity contribution in [2.75, 3.05) is 7.11 Å². The quantitative estimate of drug-likeness (QED) is 0.662. The van der Waals surface area contributed by atoms with Crippen LogP contribution < -0.4 is 0 Å². The third-order valence-corrected chi connectivity index (χ3v) is 1.27. The number of aromatic nitrogens is 2. The van der Waals surface area contributed by atoms with E-state index < -0.39 is 0 Å². The lowest BCUT2D eigenvalue weighted by Crippen LogP contribution is -1.91. The van der Waals surface area contributed by atoms with E-state index in [1.54, 1.807) is 7.11 Å². The van der Waals surface area contributed by atoms with E-state index in [0.717, 1.165) is 5.82 Å². The summed E-state index contributed by atoms with van der Waals surface area (Å²) in [5.41, 5.74) is 0. The largest absolute Gasteiger partial charge is 0.375 e. The average Bonchev–Trinajstić information content (AvgIpc) is 2.37. The number of nitrogens with zero attached hydrogens (tertiary/aromatic N) is 2. The van der Waals surface area contributed by atoms with Gasteiger partial charge in [-0.15, -0.1) is 0 Å². The monoisotopic (exact) mass is 156 g/mol. The van der Waals surface area contributed by atoms with Crippen LogP contribution in [0.15, 0.2) is 4.52 Å². The summed E-state index contributed by atoms with van der Waals surface area (Å²) in [5, 5.41) is 3.77. The van der Waals surface area contributed by atoms with E-state index in [4.69, 9.17) is 9.26 Å². The molecule has 11 heavy (non-hydrogen) atoms. The topological polar surface area (TPSA) is 48.2 Å². The highest BCUT2D eigenvalue weighted by molar-refractivity contribution is 4.90. The van der Waals surface area contributed by atoms with E-state index in [-0.39, 0.29) is 0 Å². The molecule has 4 heteroatoms. The second-order valence-electron chi connectivity index (χ2n) is 2.63. The van der Waals surface area contributed by atoms with Gasteiger partial charge < -0.3 is 9.26 Å². The molecule has 0 saturated heterocycles. The normalized spacial score (nSPS) is 10.9. The van der Waals surface area contributed by atoms with Gasteiger partial charge in [0, 0.05) is 13.0 Å². The average molecular weight is 156 g/mol. The van der Waals surface area contributed by atoms with Crippen molar-refractivity contribution in [3.8, 4) is 0 Å². The molecule has 0 spiro atoms. The van der Waals surface area contributed by atoms with Gasteiger partial charge in [-0.25, -0.2) is 0 Å². The van der Waals surface area contributed by atoms with Crippen LogP contribution in [0.2, 0.25) is 0 Å². The van der Waals surface area contributed by atoms with E-state index in [2.05, 4.69) is 10.1 Å². The Hall–Kier alpha value is -0.900. The molecule has 0 N–H and O–H groups in total. The van der Waals surface area contributed by atoms with Gasteiger partial charge in [-0.2, -0.15) is 4.98 Å². The van der Waals surface area contributed by atoms with Crippen molar-refractivity contribution >= 4 is 0 Å². The molecule has 0 aliphatic heterocycles. The summed E-state index contributed by atoms with van der Waals surface area (Å²) in [7, 11) is 1.60. The minimum atomic E-state index is 0.310. The zero-order valence-electron chi connectivity index (χ0n) is 7.00. The molecule has 0 saturated carbocycles. The first-order chi connectivity index (χ1) is 5.24. The maximum Gasteiger partial charge on any atom is 0.252 e. The van der Waals surface area contributed by atoms with Gasteiger partial charge in [0.1, 0.15) is 6.61 Å². The summed E-state index contributed by atoms with van der Waals surface area (Å²) in [5.74, 6) is 1.58. The third kappa shape index (κ3) is 2.01. The van der Waals surface area contributed by atoms with Crippen molar-refractivity contribution in [1.82, 2.24) is 10.1 Å². The number of hydrogen-bond acceptors (Lipinski definition) is 4. The summed E-state index contributed by atoms with van der Waals surface area (Å²) < 4.78 is 9.70. The van der Waals surface area contributed by atoms with Crippen molar-refractivity contribution in [1.29, 1.82) is 0 Å². The zero-order chi connectivity index (χ0) is 8.27. The highest BCUT2D eigenvalue weighted by Crippen LogP contribution is 2.09. The Morgan fingerprint density at radius 3 is 2.73 bits per heavy atom. The minimum absolute atomic E-state index is 0.310. The van der Waals surface area contributed by atoms with E-state index in [9.17, 15) is 0 Å². The van der Waals surface area contributed by atoms with E-state index in [0.29, 0.717) is 18.4 Å². The number of methoxy groups -OCH3 is 1. The highest BCUT2D eigenvalue weighted by Gasteiger charge is 2.08. The molecule has 4 nitrogen and oxygen atoms in total. The van der Waals surface area contributed by atoms with Crippen LogP contribution in [0.25, 0.3) is 0 Å². The van der Waals surface area contributed by atoms with Crippen LogP contribution in [0.5, 0.6) is 0 Å². The van der Waals surface area contributed by atoms with Gasteiger partial charge in [-0.1, -0.05) is 19.0 Å². The Balaban J connectivity index is 2.66. The molecule has 0 aromatic carbocycles. The van der Waals surface area contributed by atoms with E-state index in [1.165, 1.54) is 0 Å². The van der Waals surface area contributed by atoms with Crippen LogP contribution in [0, 0.1) is 0 Å². The number of rotatable bonds is 3. The van der Waals surface area contributed by atoms with Crippen LogP contribution >= 0.6 is 0 Å². The van der Waals surface area contributed by atoms with Crippen molar-refractivity contribution in [3.63, 3.8) is 0 Å². The summed E-state index contributed by atoms with van der Waals surface area (Å²) in [4.78, 5) is 4.10. The molecule has 0 aliphatic rings. The number of hydrogen-bond donors (Lipinski definition) is 0. The Labute approximate surface area is 65.6 Å². The van der Waals surface area contributed by atoms with E-state index >= 15 is 0 Å². The molecular formula is C7H12N2O2. The molecule has 1 aromatic heterocycles. The summed E-state index contributed by atoms with van der Waals surface area (Å²) in [6.45, 7) is 4.42. The maximum atomic E-state index is 4.88. The van der Waals surface area contributed by atoms with Gasteiger partial charge in [0.05, 0.1) is 0 Å². The predicted octanol–water partition coefficient (Wildman–Crippen LogP) is 1.34. The molecule has 0 unspecified atom stereocenters. The smallest absolute Gasteiger partial charge is 0.252 e. The van der Waals surface area contributed by atoms with Crippen LogP contribution in [0.3, 0.4) is 0 Å². The lowest BCUT2D eigenvalue weighted by molar-refractivity contribution is 0.151. The van der Waals surface area contributed by atoms with Gasteiger partial charge in [0.2, 0.25) is 0 Å². The van der Waals surface area contributed by atoms with Gasteiger partial charge >= 0.3 is 0 Å². The first-order valence-corrected chi connectivity index (χ1v) is 3.55. The van der Waals surface area contributed by atoms with Crippen molar-refractivity contribution in [2.24, 2.45) is 0 Å². The molecule has 0 bridgehead atoms. The molecule has 0 radical (unpaired) electrons. The van der Waals surface area contributed by atoms with Crippen LogP contribution in [-0.2, 0) is 11.3 Å². The Morgan fingerprint density at radius 2 is 2.27 bits per heavy atom. The fraction of sp³-hybridized carbons (Fsp3) is 0.714. The van der Waals surface area contributed by atoms with Gasteiger partial charge in [0.15, 0.2) is 5.82 Å². The van der Waals surface area contributed by atoms with Crippen LogP contribution in [-0.4, -0.2) is 17.3 Å². The van der Waals surface area contributed by atoms with Crippen LogP contribution in [0.1, 0.15) is 31.5 Å². The molecule has 1 aromatic rings. The second-order valence-corrected chi connectivity index (χ2v) is 2.63. The second kappa shape index (κ2) is 3.48. The van der Waals surface area contributed by atoms with Crippen LogP contribution in [0.4, 0.5) is 0 Å². The molecule has 0 atom stereocenters.